The van der Waals surface area contributed by atoms with Crippen molar-refractivity contribution in [3.8, 4) is 0 Å². The number of amides is 1. The standard InChI is InChI=1S/C30H28Cl2FNO6.C2H6/c1-39-30(20-4-8-22(32)9-5-20)27-23(14-19(15-24(27)33)28(37)18-10-12-40-13-11-18)29(38)34(30)25(16-26(35)36)17-2-6-21(31)7-3-17;1-2/h2-9,14-15,18,25,28,37H,10-13,16H2,1H3,(H,35,36);1-2H3. The molecule has 0 spiro atoms. The number of aliphatic carboxylic acids is 1. The predicted octanol–water partition coefficient (Wildman–Crippen LogP) is 7.14. The second-order valence-corrected chi connectivity index (χ2v) is 10.9. The average molecular weight is 619 g/mol. The number of halogens is 3. The Morgan fingerprint density at radius 3 is 2.17 bits per heavy atom. The lowest BCUT2D eigenvalue weighted by Crippen LogP contribution is -2.49. The van der Waals surface area contributed by atoms with Crippen LogP contribution in [-0.2, 0) is 20.0 Å². The molecule has 0 bridgehead atoms. The largest absolute Gasteiger partial charge is 0.481 e. The SMILES string of the molecule is CC.COC1(c2ccc(Cl)cc2)c2c(F)cc(C(O)C3CCOCC3)cc2C(=O)N1C(CC(=O)O)c1ccc(Cl)cc1. The summed E-state index contributed by atoms with van der Waals surface area (Å²) in [6.07, 6.45) is -0.295. The van der Waals surface area contributed by atoms with Gasteiger partial charge in [-0.3, -0.25) is 14.5 Å². The van der Waals surface area contributed by atoms with E-state index in [9.17, 15) is 19.8 Å². The van der Waals surface area contributed by atoms with Gasteiger partial charge in [0, 0.05) is 35.9 Å². The number of nitrogens with zero attached hydrogens (tertiary/aromatic N) is 1. The molecule has 5 rings (SSSR count). The first-order valence-corrected chi connectivity index (χ1v) is 14.6. The fraction of sp³-hybridized carbons (Fsp3) is 0.375. The van der Waals surface area contributed by atoms with Crippen molar-refractivity contribution in [2.24, 2.45) is 5.92 Å². The van der Waals surface area contributed by atoms with Gasteiger partial charge in [-0.1, -0.05) is 61.3 Å². The molecule has 1 amide bonds. The number of benzene rings is 3. The van der Waals surface area contributed by atoms with Gasteiger partial charge in [0.15, 0.2) is 5.72 Å². The Kier molecular flexibility index (Phi) is 10.3. The lowest BCUT2D eigenvalue weighted by Gasteiger charge is -2.42. The van der Waals surface area contributed by atoms with Crippen LogP contribution in [0.4, 0.5) is 4.39 Å². The van der Waals surface area contributed by atoms with Crippen LogP contribution in [-0.4, -0.2) is 47.3 Å². The summed E-state index contributed by atoms with van der Waals surface area (Å²) in [5.74, 6) is -2.71. The van der Waals surface area contributed by atoms with Crippen LogP contribution in [0.1, 0.15) is 77.9 Å². The van der Waals surface area contributed by atoms with Gasteiger partial charge in [0.2, 0.25) is 0 Å². The van der Waals surface area contributed by atoms with E-state index in [1.807, 2.05) is 13.8 Å². The van der Waals surface area contributed by atoms with Gasteiger partial charge in [0.05, 0.1) is 29.7 Å². The Morgan fingerprint density at radius 1 is 1.05 bits per heavy atom. The quantitative estimate of drug-likeness (QED) is 0.279. The van der Waals surface area contributed by atoms with Crippen molar-refractivity contribution < 1.29 is 33.7 Å². The molecule has 224 valence electrons. The van der Waals surface area contributed by atoms with E-state index in [0.29, 0.717) is 47.2 Å². The molecule has 3 aromatic carbocycles. The number of fused-ring (bicyclic) bond motifs is 1. The fourth-order valence-electron chi connectivity index (χ4n) is 5.86. The van der Waals surface area contributed by atoms with Gasteiger partial charge in [-0.15, -0.1) is 0 Å². The topological polar surface area (TPSA) is 96.3 Å². The molecule has 1 fully saturated rings. The predicted molar refractivity (Wildman–Crippen MR) is 158 cm³/mol. The smallest absolute Gasteiger partial charge is 0.305 e. The lowest BCUT2D eigenvalue weighted by molar-refractivity contribution is -0.142. The Bertz CT molecular complexity index is 1410. The van der Waals surface area contributed by atoms with Crippen LogP contribution < -0.4 is 0 Å². The van der Waals surface area contributed by atoms with Crippen LogP contribution >= 0.6 is 23.2 Å². The molecule has 0 aliphatic carbocycles. The van der Waals surface area contributed by atoms with Crippen molar-refractivity contribution in [2.75, 3.05) is 20.3 Å². The number of hydrogen-bond acceptors (Lipinski definition) is 5. The maximum Gasteiger partial charge on any atom is 0.305 e. The molecule has 7 nitrogen and oxygen atoms in total. The molecule has 3 atom stereocenters. The van der Waals surface area contributed by atoms with Crippen molar-refractivity contribution in [2.45, 2.75) is 51.0 Å². The lowest BCUT2D eigenvalue weighted by atomic mass is 9.86. The molecule has 10 heteroatoms. The van der Waals surface area contributed by atoms with Crippen molar-refractivity contribution in [3.05, 3.63) is 104 Å². The summed E-state index contributed by atoms with van der Waals surface area (Å²) < 4.78 is 27.8. The zero-order chi connectivity index (χ0) is 30.6. The van der Waals surface area contributed by atoms with Crippen LogP contribution in [0.5, 0.6) is 0 Å². The molecule has 0 radical (unpaired) electrons. The number of aliphatic hydroxyl groups excluding tert-OH is 1. The number of carboxylic acid groups (broad SMARTS) is 1. The Balaban J connectivity index is 0.00000198. The van der Waals surface area contributed by atoms with Crippen LogP contribution in [0, 0.1) is 11.7 Å². The first kappa shape index (κ1) is 31.9. The summed E-state index contributed by atoms with van der Waals surface area (Å²) in [4.78, 5) is 27.7. The minimum absolute atomic E-state index is 0.0118. The number of carboxylic acids is 1. The number of ether oxygens (including phenoxy) is 2. The number of methoxy groups -OCH3 is 1. The Morgan fingerprint density at radius 2 is 1.62 bits per heavy atom. The van der Waals surface area contributed by atoms with Crippen molar-refractivity contribution >= 4 is 35.1 Å². The van der Waals surface area contributed by atoms with E-state index >= 15 is 4.39 Å². The summed E-state index contributed by atoms with van der Waals surface area (Å²) in [7, 11) is 1.34. The third-order valence-corrected chi connectivity index (χ3v) is 8.26. The third-order valence-electron chi connectivity index (χ3n) is 7.76. The molecule has 3 unspecified atom stereocenters. The van der Waals surface area contributed by atoms with E-state index in [0.717, 1.165) is 0 Å². The van der Waals surface area contributed by atoms with E-state index in [2.05, 4.69) is 0 Å². The molecular weight excluding hydrogens is 584 g/mol. The third kappa shape index (κ3) is 5.92. The number of hydrogen-bond donors (Lipinski definition) is 2. The molecule has 2 N–H and O–H groups in total. The number of carbonyl (C=O) groups excluding carboxylic acids is 1. The summed E-state index contributed by atoms with van der Waals surface area (Å²) >= 11 is 12.2. The Labute approximate surface area is 254 Å². The van der Waals surface area contributed by atoms with Gasteiger partial charge < -0.3 is 19.7 Å². The maximum atomic E-state index is 16.3. The van der Waals surface area contributed by atoms with Crippen LogP contribution in [0.3, 0.4) is 0 Å². The number of carbonyl (C=O) groups is 2. The van der Waals surface area contributed by atoms with Crippen molar-refractivity contribution in [3.63, 3.8) is 0 Å². The Hall–Kier alpha value is -3.01. The highest BCUT2D eigenvalue weighted by Crippen LogP contribution is 2.51. The van der Waals surface area contributed by atoms with Gasteiger partial charge in [0.1, 0.15) is 5.82 Å². The molecule has 3 aromatic rings. The molecular formula is C32H34Cl2FNO6. The maximum absolute atomic E-state index is 16.3. The minimum atomic E-state index is -1.83. The van der Waals surface area contributed by atoms with Crippen LogP contribution in [0.25, 0.3) is 0 Å². The molecule has 1 saturated heterocycles. The highest BCUT2D eigenvalue weighted by atomic mass is 35.5. The van der Waals surface area contributed by atoms with Gasteiger partial charge in [0.25, 0.3) is 5.91 Å². The van der Waals surface area contributed by atoms with Gasteiger partial charge in [-0.05, 0) is 66.3 Å². The summed E-state index contributed by atoms with van der Waals surface area (Å²) in [5, 5.41) is 21.9. The van der Waals surface area contributed by atoms with E-state index in [1.54, 1.807) is 48.5 Å². The molecule has 2 aliphatic heterocycles. The summed E-state index contributed by atoms with van der Waals surface area (Å²) in [5.41, 5.74) is -0.778. The van der Waals surface area contributed by atoms with E-state index in [-0.39, 0.29) is 22.6 Å². The summed E-state index contributed by atoms with van der Waals surface area (Å²) in [6.45, 7) is 4.98. The van der Waals surface area contributed by atoms with Crippen molar-refractivity contribution in [1.82, 2.24) is 4.90 Å². The molecule has 0 saturated carbocycles. The van der Waals surface area contributed by atoms with Gasteiger partial charge in [-0.25, -0.2) is 4.39 Å². The number of rotatable bonds is 8. The van der Waals surface area contributed by atoms with E-state index in [4.69, 9.17) is 32.7 Å². The fourth-order valence-corrected chi connectivity index (χ4v) is 6.11. The highest BCUT2D eigenvalue weighted by molar-refractivity contribution is 6.30. The zero-order valence-electron chi connectivity index (χ0n) is 23.6. The van der Waals surface area contributed by atoms with Gasteiger partial charge in [-0.2, -0.15) is 0 Å². The summed E-state index contributed by atoms with van der Waals surface area (Å²) in [6, 6.07) is 14.5. The normalized spacial score (nSPS) is 20.0. The first-order valence-electron chi connectivity index (χ1n) is 13.9. The van der Waals surface area contributed by atoms with E-state index < -0.39 is 42.0 Å². The minimum Gasteiger partial charge on any atom is -0.481 e. The van der Waals surface area contributed by atoms with Crippen molar-refractivity contribution in [1.29, 1.82) is 0 Å². The molecule has 42 heavy (non-hydrogen) atoms. The average Bonchev–Trinajstić information content (AvgIpc) is 3.26. The molecule has 2 heterocycles. The zero-order valence-corrected chi connectivity index (χ0v) is 25.2. The first-order chi connectivity index (χ1) is 20.2. The number of aliphatic hydroxyl groups is 1. The molecule has 0 aromatic heterocycles. The second kappa shape index (κ2) is 13.5. The second-order valence-electron chi connectivity index (χ2n) is 10.0. The highest BCUT2D eigenvalue weighted by Gasteiger charge is 2.56. The van der Waals surface area contributed by atoms with Crippen LogP contribution in [0.2, 0.25) is 10.0 Å². The van der Waals surface area contributed by atoms with E-state index in [1.165, 1.54) is 24.1 Å². The molecule has 2 aliphatic rings. The van der Waals surface area contributed by atoms with Gasteiger partial charge >= 0.3 is 5.97 Å². The monoisotopic (exact) mass is 617 g/mol. The van der Waals surface area contributed by atoms with Crippen LogP contribution in [0.15, 0.2) is 60.7 Å².